The van der Waals surface area contributed by atoms with Crippen LogP contribution in [0.15, 0.2) is 47.4 Å². The Hall–Kier alpha value is -2.26. The molecule has 0 heterocycles. The van der Waals surface area contributed by atoms with Crippen LogP contribution in [-0.4, -0.2) is 39.7 Å². The van der Waals surface area contributed by atoms with Gasteiger partial charge in [-0.2, -0.15) is 0 Å². The summed E-state index contributed by atoms with van der Waals surface area (Å²) in [6.07, 6.45) is -5.07. The molecule has 0 spiro atoms. The van der Waals surface area contributed by atoms with Gasteiger partial charge < -0.3 is 9.64 Å². The first-order chi connectivity index (χ1) is 11.9. The molecule has 1 amide bonds. The smallest absolute Gasteiger partial charge is 0.404 e. The zero-order valence-corrected chi connectivity index (χ0v) is 15.1. The molecule has 0 radical (unpaired) electrons. The second-order valence-electron chi connectivity index (χ2n) is 5.43. The molecule has 2 aromatic rings. The van der Waals surface area contributed by atoms with Gasteiger partial charge in [0.1, 0.15) is 10.6 Å². The quantitative estimate of drug-likeness (QED) is 0.721. The van der Waals surface area contributed by atoms with E-state index < -0.39 is 26.1 Å². The Labute approximate surface area is 152 Å². The fraction of sp³-hybridized carbons (Fsp3) is 0.188. The van der Waals surface area contributed by atoms with E-state index in [-0.39, 0.29) is 11.5 Å². The average molecular weight is 408 g/mol. The minimum atomic E-state index is -5.07. The fourth-order valence-electron chi connectivity index (χ4n) is 2.18. The molecule has 0 saturated heterocycles. The van der Waals surface area contributed by atoms with Crippen LogP contribution in [0.5, 0.6) is 5.75 Å². The van der Waals surface area contributed by atoms with Gasteiger partial charge in [0.15, 0.2) is 0 Å². The molecular formula is C16H13ClF3NO4S. The second kappa shape index (κ2) is 7.16. The lowest BCUT2D eigenvalue weighted by atomic mass is 10.0. The van der Waals surface area contributed by atoms with Crippen LogP contribution in [0.3, 0.4) is 0 Å². The second-order valence-corrected chi connectivity index (χ2v) is 7.96. The fourth-order valence-corrected chi connectivity index (χ4v) is 3.16. The van der Waals surface area contributed by atoms with Crippen LogP contribution >= 0.6 is 10.7 Å². The molecule has 0 aromatic heterocycles. The van der Waals surface area contributed by atoms with Gasteiger partial charge in [-0.25, -0.2) is 8.42 Å². The predicted molar refractivity (Wildman–Crippen MR) is 89.6 cm³/mol. The molecule has 5 nitrogen and oxygen atoms in total. The van der Waals surface area contributed by atoms with Crippen molar-refractivity contribution in [2.75, 3.05) is 14.1 Å². The third-order valence-electron chi connectivity index (χ3n) is 3.28. The molecule has 0 unspecified atom stereocenters. The normalized spacial score (nSPS) is 11.9. The Morgan fingerprint density at radius 1 is 1.08 bits per heavy atom. The summed E-state index contributed by atoms with van der Waals surface area (Å²) < 4.78 is 64.4. The van der Waals surface area contributed by atoms with E-state index in [1.807, 2.05) is 0 Å². The lowest BCUT2D eigenvalue weighted by molar-refractivity contribution is -0.275. The molecule has 10 heteroatoms. The molecule has 0 N–H and O–H groups in total. The van der Waals surface area contributed by atoms with E-state index in [1.165, 1.54) is 17.0 Å². The topological polar surface area (TPSA) is 63.7 Å². The highest BCUT2D eigenvalue weighted by Gasteiger charge is 2.34. The summed E-state index contributed by atoms with van der Waals surface area (Å²) in [5.41, 5.74) is 1.02. The number of hydrogen-bond acceptors (Lipinski definition) is 4. The SMILES string of the molecule is CN(C)C(=O)c1cccc(-c2ccc(OC(F)(F)F)c(S(=O)(=O)Cl)c2)c1. The number of nitrogens with zero attached hydrogens (tertiary/aromatic N) is 1. The van der Waals surface area contributed by atoms with Gasteiger partial charge in [0.05, 0.1) is 0 Å². The molecule has 0 fully saturated rings. The number of carbonyl (C=O) groups excluding carboxylic acids is 1. The number of alkyl halides is 3. The van der Waals surface area contributed by atoms with Crippen molar-refractivity contribution in [3.8, 4) is 16.9 Å². The van der Waals surface area contributed by atoms with Crippen LogP contribution in [0.2, 0.25) is 0 Å². The predicted octanol–water partition coefficient (Wildman–Crippen LogP) is 3.88. The highest BCUT2D eigenvalue weighted by molar-refractivity contribution is 8.13. The Balaban J connectivity index is 2.55. The van der Waals surface area contributed by atoms with Crippen LogP contribution in [-0.2, 0) is 9.05 Å². The summed E-state index contributed by atoms with van der Waals surface area (Å²) in [5, 5.41) is 0. The first kappa shape index (κ1) is 20.1. The number of ether oxygens (including phenoxy) is 1. The van der Waals surface area contributed by atoms with Gasteiger partial charge in [-0.3, -0.25) is 4.79 Å². The van der Waals surface area contributed by atoms with Crippen molar-refractivity contribution in [1.82, 2.24) is 4.90 Å². The van der Waals surface area contributed by atoms with E-state index in [0.29, 0.717) is 11.1 Å². The van der Waals surface area contributed by atoms with Gasteiger partial charge >= 0.3 is 6.36 Å². The van der Waals surface area contributed by atoms with Gasteiger partial charge in [0.25, 0.3) is 15.0 Å². The molecule has 0 aliphatic rings. The summed E-state index contributed by atoms with van der Waals surface area (Å²) in [6.45, 7) is 0. The monoisotopic (exact) mass is 407 g/mol. The number of benzene rings is 2. The first-order valence-electron chi connectivity index (χ1n) is 7.05. The van der Waals surface area contributed by atoms with Gasteiger partial charge in [-0.15, -0.1) is 13.2 Å². The summed E-state index contributed by atoms with van der Waals surface area (Å²) in [5.74, 6) is -1.22. The highest BCUT2D eigenvalue weighted by atomic mass is 35.7. The molecule has 0 saturated carbocycles. The van der Waals surface area contributed by atoms with E-state index in [4.69, 9.17) is 10.7 Å². The number of hydrogen-bond donors (Lipinski definition) is 0. The number of rotatable bonds is 4. The molecule has 2 aromatic carbocycles. The molecule has 26 heavy (non-hydrogen) atoms. The van der Waals surface area contributed by atoms with E-state index in [9.17, 15) is 26.4 Å². The van der Waals surface area contributed by atoms with Gasteiger partial charge in [0, 0.05) is 30.3 Å². The van der Waals surface area contributed by atoms with Crippen molar-refractivity contribution in [2.24, 2.45) is 0 Å². The van der Waals surface area contributed by atoms with Gasteiger partial charge in [-0.05, 0) is 35.4 Å². The standard InChI is InChI=1S/C16H13ClF3NO4S/c1-21(2)15(22)12-5-3-4-10(8-12)11-6-7-13(25-16(18,19)20)14(9-11)26(17,23)24/h3-9H,1-2H3. The molecule has 0 atom stereocenters. The van der Waals surface area contributed by atoms with Crippen LogP contribution in [0.4, 0.5) is 13.2 Å². The van der Waals surface area contributed by atoms with E-state index >= 15 is 0 Å². The Morgan fingerprint density at radius 3 is 2.23 bits per heavy atom. The summed E-state index contributed by atoms with van der Waals surface area (Å²) in [6, 6.07) is 9.27. The summed E-state index contributed by atoms with van der Waals surface area (Å²) in [7, 11) is 3.87. The van der Waals surface area contributed by atoms with Gasteiger partial charge in [-0.1, -0.05) is 18.2 Å². The highest BCUT2D eigenvalue weighted by Crippen LogP contribution is 2.35. The van der Waals surface area contributed by atoms with E-state index in [2.05, 4.69) is 4.74 Å². The number of amides is 1. The zero-order chi connectivity index (χ0) is 19.7. The molecule has 0 bridgehead atoms. The largest absolute Gasteiger partial charge is 0.573 e. The summed E-state index contributed by atoms with van der Waals surface area (Å²) in [4.78, 5) is 12.6. The number of carbonyl (C=O) groups is 1. The van der Waals surface area contributed by atoms with E-state index in [0.717, 1.165) is 12.1 Å². The molecule has 2 rings (SSSR count). The summed E-state index contributed by atoms with van der Waals surface area (Å²) >= 11 is 0. The van der Waals surface area contributed by atoms with Crippen LogP contribution in [0.1, 0.15) is 10.4 Å². The maximum absolute atomic E-state index is 12.4. The van der Waals surface area contributed by atoms with Crippen molar-refractivity contribution >= 4 is 25.6 Å². The van der Waals surface area contributed by atoms with Crippen molar-refractivity contribution in [2.45, 2.75) is 11.3 Å². The van der Waals surface area contributed by atoms with E-state index in [1.54, 1.807) is 32.3 Å². The minimum Gasteiger partial charge on any atom is -0.404 e. The Morgan fingerprint density at radius 2 is 1.69 bits per heavy atom. The zero-order valence-electron chi connectivity index (χ0n) is 13.5. The van der Waals surface area contributed by atoms with Crippen LogP contribution in [0.25, 0.3) is 11.1 Å². The lowest BCUT2D eigenvalue weighted by Gasteiger charge is -2.14. The molecular weight excluding hydrogens is 395 g/mol. The first-order valence-corrected chi connectivity index (χ1v) is 9.36. The molecule has 0 aliphatic carbocycles. The van der Waals surface area contributed by atoms with Crippen molar-refractivity contribution in [1.29, 1.82) is 0 Å². The third-order valence-corrected chi connectivity index (χ3v) is 4.62. The Kier molecular flexibility index (Phi) is 5.52. The third kappa shape index (κ3) is 4.89. The molecule has 0 aliphatic heterocycles. The van der Waals surface area contributed by atoms with Crippen molar-refractivity contribution < 1.29 is 31.1 Å². The maximum atomic E-state index is 12.4. The minimum absolute atomic E-state index is 0.257. The maximum Gasteiger partial charge on any atom is 0.573 e. The average Bonchev–Trinajstić information content (AvgIpc) is 2.52. The van der Waals surface area contributed by atoms with Crippen LogP contribution in [0, 0.1) is 0 Å². The van der Waals surface area contributed by atoms with Crippen LogP contribution < -0.4 is 4.74 Å². The Bertz CT molecular complexity index is 943. The van der Waals surface area contributed by atoms with Gasteiger partial charge in [0.2, 0.25) is 0 Å². The number of halogens is 4. The molecule has 140 valence electrons. The van der Waals surface area contributed by atoms with Crippen molar-refractivity contribution in [3.63, 3.8) is 0 Å². The van der Waals surface area contributed by atoms with Crippen molar-refractivity contribution in [3.05, 3.63) is 48.0 Å². The lowest BCUT2D eigenvalue weighted by Crippen LogP contribution is -2.21.